The van der Waals surface area contributed by atoms with Crippen LogP contribution in [0.25, 0.3) is 11.1 Å². The molecular formula is C18H18N4O4. The molecule has 1 N–H and O–H groups in total. The maximum absolute atomic E-state index is 11.8. The Morgan fingerprint density at radius 3 is 2.85 bits per heavy atom. The third-order valence-electron chi connectivity index (χ3n) is 4.47. The lowest BCUT2D eigenvalue weighted by Crippen LogP contribution is -2.07. The van der Waals surface area contributed by atoms with Crippen LogP contribution < -0.4 is 15.1 Å². The fourth-order valence-electron chi connectivity index (χ4n) is 2.90. The summed E-state index contributed by atoms with van der Waals surface area (Å²) in [6.07, 6.45) is 5.78. The van der Waals surface area contributed by atoms with Crippen molar-refractivity contribution in [1.82, 2.24) is 20.1 Å². The molecule has 2 atom stereocenters. The number of hydrogen-bond donors (Lipinski definition) is 1. The summed E-state index contributed by atoms with van der Waals surface area (Å²) in [5, 5.41) is 2.44. The Kier molecular flexibility index (Phi) is 4.16. The van der Waals surface area contributed by atoms with Gasteiger partial charge in [0.2, 0.25) is 5.88 Å². The Labute approximate surface area is 149 Å². The van der Waals surface area contributed by atoms with Gasteiger partial charge in [-0.15, -0.1) is 0 Å². The van der Waals surface area contributed by atoms with Crippen LogP contribution in [0.1, 0.15) is 23.9 Å². The lowest BCUT2D eigenvalue weighted by Gasteiger charge is -2.09. The summed E-state index contributed by atoms with van der Waals surface area (Å²) in [5.41, 5.74) is 1.42. The van der Waals surface area contributed by atoms with Gasteiger partial charge in [-0.05, 0) is 25.5 Å². The average Bonchev–Trinajstić information content (AvgIpc) is 3.32. The number of H-pyrrole nitrogens is 1. The summed E-state index contributed by atoms with van der Waals surface area (Å²) in [7, 11) is 1.62. The number of aromatic amines is 1. The lowest BCUT2D eigenvalue weighted by molar-refractivity contribution is 0.285. The van der Waals surface area contributed by atoms with Gasteiger partial charge in [-0.3, -0.25) is 4.98 Å². The Balaban J connectivity index is 1.46. The highest BCUT2D eigenvalue weighted by molar-refractivity contribution is 5.65. The molecule has 3 aromatic rings. The minimum Gasteiger partial charge on any atom is -0.495 e. The van der Waals surface area contributed by atoms with E-state index < -0.39 is 5.63 Å². The first-order valence-electron chi connectivity index (χ1n) is 8.29. The second kappa shape index (κ2) is 6.62. The fraction of sp³-hybridized carbons (Fsp3) is 0.333. The number of hydrogen-bond acceptors (Lipinski definition) is 7. The number of nitrogens with zero attached hydrogens (tertiary/aromatic N) is 3. The molecule has 3 aromatic heterocycles. The highest BCUT2D eigenvalue weighted by atomic mass is 16.5. The Morgan fingerprint density at radius 2 is 2.15 bits per heavy atom. The molecule has 0 amide bonds. The smallest absolute Gasteiger partial charge is 0.365 e. The summed E-state index contributed by atoms with van der Waals surface area (Å²) in [6, 6.07) is 3.89. The van der Waals surface area contributed by atoms with Crippen molar-refractivity contribution in [3.05, 3.63) is 52.7 Å². The van der Waals surface area contributed by atoms with Gasteiger partial charge in [-0.2, -0.15) is 4.98 Å². The van der Waals surface area contributed by atoms with E-state index in [2.05, 4.69) is 20.1 Å². The number of nitrogens with one attached hydrogen (secondary N) is 1. The van der Waals surface area contributed by atoms with E-state index in [1.165, 1.54) is 6.20 Å². The SMILES string of the molecule is COc1ccc(C2CC2COc2nc(C)ncc2-c2c[nH]oc2=O)nc1. The van der Waals surface area contributed by atoms with Crippen LogP contribution in [0.15, 0.2) is 40.0 Å². The average molecular weight is 354 g/mol. The van der Waals surface area contributed by atoms with Crippen molar-refractivity contribution in [1.29, 1.82) is 0 Å². The topological polar surface area (TPSA) is 103 Å². The Morgan fingerprint density at radius 1 is 1.27 bits per heavy atom. The predicted molar refractivity (Wildman–Crippen MR) is 92.2 cm³/mol. The van der Waals surface area contributed by atoms with Gasteiger partial charge in [0.25, 0.3) is 0 Å². The summed E-state index contributed by atoms with van der Waals surface area (Å²) in [4.78, 5) is 24.7. The van der Waals surface area contributed by atoms with Crippen LogP contribution in [0.4, 0.5) is 0 Å². The monoisotopic (exact) mass is 354 g/mol. The van der Waals surface area contributed by atoms with Crippen molar-refractivity contribution in [2.45, 2.75) is 19.3 Å². The number of rotatable bonds is 6. The standard InChI is InChI=1S/C18H18N4O4/c1-10-19-7-14(15-8-21-26-18(15)23)17(22-10)25-9-11-5-13(11)16-4-3-12(24-2)6-20-16/h3-4,6-8,11,13,21H,5,9H2,1-2H3. The van der Waals surface area contributed by atoms with Crippen molar-refractivity contribution in [2.75, 3.05) is 13.7 Å². The molecule has 26 heavy (non-hydrogen) atoms. The van der Waals surface area contributed by atoms with E-state index >= 15 is 0 Å². The van der Waals surface area contributed by atoms with Crippen LogP contribution in [0, 0.1) is 12.8 Å². The molecule has 2 unspecified atom stereocenters. The van der Waals surface area contributed by atoms with Crippen molar-refractivity contribution in [3.8, 4) is 22.8 Å². The van der Waals surface area contributed by atoms with Crippen LogP contribution in [0.3, 0.4) is 0 Å². The molecule has 3 heterocycles. The van der Waals surface area contributed by atoms with E-state index in [1.54, 1.807) is 26.4 Å². The maximum atomic E-state index is 11.8. The number of ether oxygens (including phenoxy) is 2. The third kappa shape index (κ3) is 3.17. The van der Waals surface area contributed by atoms with Crippen LogP contribution in [0.2, 0.25) is 0 Å². The number of methoxy groups -OCH3 is 1. The van der Waals surface area contributed by atoms with E-state index in [0.717, 1.165) is 17.9 Å². The molecule has 134 valence electrons. The summed E-state index contributed by atoms with van der Waals surface area (Å²) in [6.45, 7) is 2.27. The van der Waals surface area contributed by atoms with Crippen molar-refractivity contribution in [3.63, 3.8) is 0 Å². The maximum Gasteiger partial charge on any atom is 0.365 e. The summed E-state index contributed by atoms with van der Waals surface area (Å²) in [5.74, 6) is 2.44. The number of aromatic nitrogens is 4. The molecule has 0 aliphatic heterocycles. The second-order valence-electron chi connectivity index (χ2n) is 6.24. The van der Waals surface area contributed by atoms with Gasteiger partial charge < -0.3 is 14.0 Å². The first-order valence-corrected chi connectivity index (χ1v) is 8.29. The van der Waals surface area contributed by atoms with Gasteiger partial charge in [-0.1, -0.05) is 0 Å². The molecule has 0 saturated heterocycles. The quantitative estimate of drug-likeness (QED) is 0.724. The van der Waals surface area contributed by atoms with Crippen LogP contribution in [0.5, 0.6) is 11.6 Å². The molecule has 1 aliphatic rings. The second-order valence-corrected chi connectivity index (χ2v) is 6.24. The zero-order valence-electron chi connectivity index (χ0n) is 14.4. The van der Waals surface area contributed by atoms with E-state index in [-0.39, 0.29) is 0 Å². The van der Waals surface area contributed by atoms with Gasteiger partial charge in [0.05, 0.1) is 37.2 Å². The summed E-state index contributed by atoms with van der Waals surface area (Å²) >= 11 is 0. The molecule has 1 fully saturated rings. The number of aryl methyl sites for hydroxylation is 1. The lowest BCUT2D eigenvalue weighted by atomic mass is 10.2. The highest BCUT2D eigenvalue weighted by Gasteiger charge is 2.40. The van der Waals surface area contributed by atoms with Gasteiger partial charge in [0, 0.05) is 23.7 Å². The Bertz CT molecular complexity index is 964. The van der Waals surface area contributed by atoms with E-state index in [4.69, 9.17) is 14.0 Å². The van der Waals surface area contributed by atoms with Gasteiger partial charge in [0.1, 0.15) is 11.6 Å². The number of pyridine rings is 1. The van der Waals surface area contributed by atoms with Gasteiger partial charge >= 0.3 is 5.63 Å². The zero-order valence-corrected chi connectivity index (χ0v) is 14.4. The van der Waals surface area contributed by atoms with Gasteiger partial charge in [-0.25, -0.2) is 14.9 Å². The summed E-state index contributed by atoms with van der Waals surface area (Å²) < 4.78 is 15.8. The van der Waals surface area contributed by atoms with Gasteiger partial charge in [0.15, 0.2) is 0 Å². The molecule has 0 bridgehead atoms. The zero-order chi connectivity index (χ0) is 18.1. The molecule has 1 saturated carbocycles. The van der Waals surface area contributed by atoms with E-state index in [9.17, 15) is 4.79 Å². The molecule has 0 radical (unpaired) electrons. The predicted octanol–water partition coefficient (Wildman–Crippen LogP) is 2.32. The van der Waals surface area contributed by atoms with E-state index in [1.807, 2.05) is 12.1 Å². The first-order chi connectivity index (χ1) is 12.7. The normalized spacial score (nSPS) is 18.5. The third-order valence-corrected chi connectivity index (χ3v) is 4.47. The molecule has 0 aromatic carbocycles. The molecule has 8 nitrogen and oxygen atoms in total. The molecule has 4 rings (SSSR count). The van der Waals surface area contributed by atoms with Crippen LogP contribution >= 0.6 is 0 Å². The van der Waals surface area contributed by atoms with E-state index in [0.29, 0.717) is 41.3 Å². The largest absolute Gasteiger partial charge is 0.495 e. The minimum absolute atomic E-state index is 0.351. The molecule has 0 spiro atoms. The van der Waals surface area contributed by atoms with Crippen molar-refractivity contribution < 1.29 is 14.0 Å². The molecular weight excluding hydrogens is 336 g/mol. The molecule has 1 aliphatic carbocycles. The minimum atomic E-state index is -0.478. The van der Waals surface area contributed by atoms with Crippen LogP contribution in [-0.2, 0) is 0 Å². The molecule has 8 heteroatoms. The highest BCUT2D eigenvalue weighted by Crippen LogP contribution is 2.47. The van der Waals surface area contributed by atoms with Crippen molar-refractivity contribution >= 4 is 0 Å². The first kappa shape index (κ1) is 16.3. The van der Waals surface area contributed by atoms with Crippen LogP contribution in [-0.4, -0.2) is 33.8 Å². The van der Waals surface area contributed by atoms with Crippen molar-refractivity contribution in [2.24, 2.45) is 5.92 Å². The Hall–Kier alpha value is -3.16. The fourth-order valence-corrected chi connectivity index (χ4v) is 2.90.